The van der Waals surface area contributed by atoms with E-state index in [0.717, 1.165) is 17.5 Å². The van der Waals surface area contributed by atoms with E-state index in [2.05, 4.69) is 5.92 Å². The second-order valence-corrected chi connectivity index (χ2v) is 5.35. The van der Waals surface area contributed by atoms with Gasteiger partial charge in [0.15, 0.2) is 5.76 Å². The quantitative estimate of drug-likeness (QED) is 0.592. The van der Waals surface area contributed by atoms with E-state index in [9.17, 15) is 4.79 Å². The van der Waals surface area contributed by atoms with Gasteiger partial charge in [-0.05, 0) is 36.6 Å². The lowest BCUT2D eigenvalue weighted by molar-refractivity contribution is -0.144. The number of hydrogen-bond donors (Lipinski definition) is 2. The molecule has 23 heavy (non-hydrogen) atoms. The fraction of sp³-hybridized carbons (Fsp3) is 0.389. The zero-order valence-corrected chi connectivity index (χ0v) is 12.9. The number of terminal acetylenes is 1. The van der Waals surface area contributed by atoms with E-state index in [-0.39, 0.29) is 18.3 Å². The summed E-state index contributed by atoms with van der Waals surface area (Å²) < 4.78 is 11.1. The van der Waals surface area contributed by atoms with Gasteiger partial charge in [0.25, 0.3) is 5.91 Å². The molecule has 122 valence electrons. The number of carbonyl (C=O) groups is 1. The van der Waals surface area contributed by atoms with Crippen LogP contribution in [-0.2, 0) is 14.3 Å². The Morgan fingerprint density at radius 3 is 2.74 bits per heavy atom. The van der Waals surface area contributed by atoms with Crippen LogP contribution >= 0.6 is 0 Å². The fourth-order valence-electron chi connectivity index (χ4n) is 2.42. The number of ether oxygens (including phenoxy) is 2. The summed E-state index contributed by atoms with van der Waals surface area (Å²) in [6.45, 7) is 0.589. The third-order valence-electron chi connectivity index (χ3n) is 3.66. The molecule has 1 aromatic carbocycles. The minimum absolute atomic E-state index is 0.0269. The van der Waals surface area contributed by atoms with E-state index in [4.69, 9.17) is 26.7 Å². The van der Waals surface area contributed by atoms with Crippen molar-refractivity contribution in [3.8, 4) is 12.3 Å². The van der Waals surface area contributed by atoms with Gasteiger partial charge in [-0.3, -0.25) is 4.79 Å². The second-order valence-electron chi connectivity index (χ2n) is 5.35. The van der Waals surface area contributed by atoms with Crippen LogP contribution in [0.2, 0.25) is 0 Å². The lowest BCUT2D eigenvalue weighted by Crippen LogP contribution is -2.29. The monoisotopic (exact) mass is 315 g/mol. The molecule has 1 heterocycles. The van der Waals surface area contributed by atoms with Crippen LogP contribution in [0.15, 0.2) is 36.1 Å². The lowest BCUT2D eigenvalue weighted by Gasteiger charge is -2.28. The lowest BCUT2D eigenvalue weighted by atomic mass is 9.92. The van der Waals surface area contributed by atoms with Crippen LogP contribution in [0.25, 0.3) is 0 Å². The summed E-state index contributed by atoms with van der Waals surface area (Å²) in [7, 11) is 0. The minimum Gasteiger partial charge on any atom is -0.459 e. The number of benzene rings is 1. The molecule has 5 heteroatoms. The highest BCUT2D eigenvalue weighted by Gasteiger charge is 2.27. The molecule has 1 amide bonds. The third kappa shape index (κ3) is 4.85. The number of allylic oxidation sites excluding steroid dienone is 1. The van der Waals surface area contributed by atoms with Crippen molar-refractivity contribution in [1.29, 1.82) is 0 Å². The van der Waals surface area contributed by atoms with Gasteiger partial charge in [0.2, 0.25) is 6.29 Å². The number of rotatable bonds is 7. The van der Waals surface area contributed by atoms with Crippen LogP contribution in [-0.4, -0.2) is 30.5 Å². The predicted molar refractivity (Wildman–Crippen MR) is 86.2 cm³/mol. The first-order chi connectivity index (χ1) is 11.1. The minimum atomic E-state index is -0.612. The zero-order valence-electron chi connectivity index (χ0n) is 12.9. The van der Waals surface area contributed by atoms with Crippen LogP contribution < -0.4 is 5.73 Å². The Labute approximate surface area is 136 Å². The van der Waals surface area contributed by atoms with Gasteiger partial charge in [0.1, 0.15) is 0 Å². The van der Waals surface area contributed by atoms with Gasteiger partial charge in [0, 0.05) is 24.5 Å². The molecule has 3 N–H and O–H groups in total. The smallest absolute Gasteiger partial charge is 0.283 e. The fourth-order valence-corrected chi connectivity index (χ4v) is 2.42. The first kappa shape index (κ1) is 17.1. The highest BCUT2D eigenvalue weighted by atomic mass is 16.7. The van der Waals surface area contributed by atoms with Crippen LogP contribution in [0.3, 0.4) is 0 Å². The molecule has 1 aliphatic rings. The average molecular weight is 315 g/mol. The van der Waals surface area contributed by atoms with Crippen molar-refractivity contribution in [2.75, 3.05) is 13.2 Å². The molecule has 2 rings (SSSR count). The maximum Gasteiger partial charge on any atom is 0.283 e. The average Bonchev–Trinajstić information content (AvgIpc) is 2.58. The molecule has 1 aliphatic heterocycles. The van der Waals surface area contributed by atoms with E-state index in [1.54, 1.807) is 6.08 Å². The molecule has 0 fully saturated rings. The van der Waals surface area contributed by atoms with Gasteiger partial charge in [0.05, 0.1) is 6.61 Å². The van der Waals surface area contributed by atoms with Crippen molar-refractivity contribution < 1.29 is 19.4 Å². The maximum atomic E-state index is 11.5. The summed E-state index contributed by atoms with van der Waals surface area (Å²) in [6.07, 6.45) is 8.54. The normalized spacial score (nSPS) is 20.3. The molecule has 0 saturated heterocycles. The second kappa shape index (κ2) is 8.37. The summed E-state index contributed by atoms with van der Waals surface area (Å²) >= 11 is 0. The molecule has 2 atom stereocenters. The molecule has 1 aromatic rings. The molecule has 0 saturated carbocycles. The Kier molecular flexibility index (Phi) is 6.21. The standard InChI is InChI=1S/C18H21NO4/c1-2-13-5-7-14(8-6-13)15-11-16(18(19)21)23-17(12-15)22-10-4-3-9-20/h1,5-8,11,15,17,20H,3-4,9-10,12H2,(H2,19,21)/t15-,17+/m0/s1. The van der Waals surface area contributed by atoms with Crippen LogP contribution in [0.5, 0.6) is 0 Å². The SMILES string of the molecule is C#Cc1ccc([C@H]2C=C(C(N)=O)O[C@@H](OCCCCO)C2)cc1. The Morgan fingerprint density at radius 2 is 2.13 bits per heavy atom. The molecule has 0 bridgehead atoms. The number of aliphatic hydroxyl groups excluding tert-OH is 1. The van der Waals surface area contributed by atoms with Gasteiger partial charge < -0.3 is 20.3 Å². The van der Waals surface area contributed by atoms with E-state index >= 15 is 0 Å². The number of hydrogen-bond acceptors (Lipinski definition) is 4. The predicted octanol–water partition coefficient (Wildman–Crippen LogP) is 1.66. The van der Waals surface area contributed by atoms with Crippen LogP contribution in [0.4, 0.5) is 0 Å². The summed E-state index contributed by atoms with van der Waals surface area (Å²) in [6, 6.07) is 7.59. The number of aliphatic hydroxyl groups is 1. The van der Waals surface area contributed by atoms with Crippen LogP contribution in [0.1, 0.15) is 36.3 Å². The summed E-state index contributed by atoms with van der Waals surface area (Å²) in [5, 5.41) is 8.78. The first-order valence-corrected chi connectivity index (χ1v) is 7.61. The molecule has 0 aliphatic carbocycles. The molecular formula is C18H21NO4. The van der Waals surface area contributed by atoms with E-state index in [0.29, 0.717) is 19.4 Å². The zero-order chi connectivity index (χ0) is 16.7. The summed E-state index contributed by atoms with van der Waals surface area (Å²) in [4.78, 5) is 11.5. The number of amides is 1. The Morgan fingerprint density at radius 1 is 1.39 bits per heavy atom. The number of nitrogens with two attached hydrogens (primary N) is 1. The Bertz CT molecular complexity index is 600. The Balaban J connectivity index is 2.08. The molecule has 0 radical (unpaired) electrons. The number of unbranched alkanes of at least 4 members (excludes halogenated alkanes) is 1. The molecule has 0 aromatic heterocycles. The van der Waals surface area contributed by atoms with E-state index in [1.165, 1.54) is 0 Å². The molecule has 5 nitrogen and oxygen atoms in total. The van der Waals surface area contributed by atoms with Gasteiger partial charge in [-0.15, -0.1) is 6.42 Å². The highest BCUT2D eigenvalue weighted by Crippen LogP contribution is 2.31. The molecular weight excluding hydrogens is 294 g/mol. The Hall–Kier alpha value is -2.29. The van der Waals surface area contributed by atoms with Crippen molar-refractivity contribution in [1.82, 2.24) is 0 Å². The third-order valence-corrected chi connectivity index (χ3v) is 3.66. The molecule has 0 spiro atoms. The topological polar surface area (TPSA) is 81.8 Å². The number of carbonyl (C=O) groups excluding carboxylic acids is 1. The van der Waals surface area contributed by atoms with Crippen molar-refractivity contribution in [3.63, 3.8) is 0 Å². The van der Waals surface area contributed by atoms with Crippen molar-refractivity contribution in [2.45, 2.75) is 31.5 Å². The first-order valence-electron chi connectivity index (χ1n) is 7.61. The summed E-state index contributed by atoms with van der Waals surface area (Å²) in [5.41, 5.74) is 7.17. The largest absolute Gasteiger partial charge is 0.459 e. The van der Waals surface area contributed by atoms with Crippen LogP contribution in [0, 0.1) is 12.3 Å². The van der Waals surface area contributed by atoms with Crippen molar-refractivity contribution in [2.24, 2.45) is 5.73 Å². The highest BCUT2D eigenvalue weighted by molar-refractivity contribution is 5.90. The summed E-state index contributed by atoms with van der Waals surface area (Å²) in [5.74, 6) is 2.05. The van der Waals surface area contributed by atoms with Gasteiger partial charge >= 0.3 is 0 Å². The van der Waals surface area contributed by atoms with Gasteiger partial charge in [-0.1, -0.05) is 18.1 Å². The molecule has 0 unspecified atom stereocenters. The maximum absolute atomic E-state index is 11.5. The van der Waals surface area contributed by atoms with Crippen molar-refractivity contribution in [3.05, 3.63) is 47.2 Å². The van der Waals surface area contributed by atoms with Gasteiger partial charge in [-0.25, -0.2) is 0 Å². The van der Waals surface area contributed by atoms with E-state index < -0.39 is 12.2 Å². The van der Waals surface area contributed by atoms with E-state index in [1.807, 2.05) is 24.3 Å². The van der Waals surface area contributed by atoms with Crippen molar-refractivity contribution >= 4 is 5.91 Å². The number of primary amides is 1. The van der Waals surface area contributed by atoms with Gasteiger partial charge in [-0.2, -0.15) is 0 Å².